The highest BCUT2D eigenvalue weighted by molar-refractivity contribution is 9.10. The van der Waals surface area contributed by atoms with Crippen molar-refractivity contribution in [1.29, 1.82) is 0 Å². The highest BCUT2D eigenvalue weighted by Gasteiger charge is 2.11. The lowest BCUT2D eigenvalue weighted by molar-refractivity contribution is 0.531. The number of rotatable bonds is 5. The van der Waals surface area contributed by atoms with Crippen LogP contribution in [0.2, 0.25) is 0 Å². The fraction of sp³-hybridized carbons (Fsp3) is 0.333. The van der Waals surface area contributed by atoms with Gasteiger partial charge in [0.1, 0.15) is 18.0 Å². The predicted octanol–water partition coefficient (Wildman–Crippen LogP) is 2.19. The summed E-state index contributed by atoms with van der Waals surface area (Å²) in [6.07, 6.45) is 2.22. The Morgan fingerprint density at radius 1 is 1.37 bits per heavy atom. The Kier molecular flexibility index (Phi) is 4.60. The summed E-state index contributed by atoms with van der Waals surface area (Å²) in [6.45, 7) is 0.680. The molecular weight excluding hydrogens is 318 g/mol. The fourth-order valence-electron chi connectivity index (χ4n) is 1.64. The van der Waals surface area contributed by atoms with E-state index in [1.165, 1.54) is 12.1 Å². The van der Waals surface area contributed by atoms with Gasteiger partial charge in [0, 0.05) is 32.1 Å². The third-order valence-corrected chi connectivity index (χ3v) is 3.23. The molecule has 0 fully saturated rings. The van der Waals surface area contributed by atoms with Crippen LogP contribution in [-0.4, -0.2) is 21.3 Å². The lowest BCUT2D eigenvalue weighted by Gasteiger charge is -2.07. The third kappa shape index (κ3) is 3.57. The number of nitrogens with zero attached hydrogens (tertiary/aromatic N) is 3. The molecule has 19 heavy (non-hydrogen) atoms. The van der Waals surface area contributed by atoms with Gasteiger partial charge in [0.05, 0.1) is 4.47 Å². The van der Waals surface area contributed by atoms with E-state index in [0.717, 1.165) is 0 Å². The molecule has 0 aliphatic rings. The first-order valence-electron chi connectivity index (χ1n) is 5.75. The van der Waals surface area contributed by atoms with Gasteiger partial charge < -0.3 is 5.32 Å². The van der Waals surface area contributed by atoms with E-state index < -0.39 is 11.6 Å². The summed E-state index contributed by atoms with van der Waals surface area (Å²) in [6, 6.07) is 2.59. The van der Waals surface area contributed by atoms with Crippen LogP contribution in [0.25, 0.3) is 0 Å². The second-order valence-electron chi connectivity index (χ2n) is 4.08. The van der Waals surface area contributed by atoms with Crippen LogP contribution in [0.1, 0.15) is 11.4 Å². The Bertz CT molecular complexity index is 571. The largest absolute Gasteiger partial charge is 0.312 e. The van der Waals surface area contributed by atoms with Gasteiger partial charge in [-0.15, -0.1) is 0 Å². The number of hydrogen-bond acceptors (Lipinski definition) is 3. The Hall–Kier alpha value is -1.34. The van der Waals surface area contributed by atoms with Crippen LogP contribution in [0, 0.1) is 11.6 Å². The van der Waals surface area contributed by atoms with Crippen LogP contribution in [0.5, 0.6) is 0 Å². The first-order valence-corrected chi connectivity index (χ1v) is 6.55. The molecule has 0 radical (unpaired) electrons. The van der Waals surface area contributed by atoms with Crippen molar-refractivity contribution in [2.75, 3.05) is 6.54 Å². The van der Waals surface area contributed by atoms with E-state index in [4.69, 9.17) is 0 Å². The van der Waals surface area contributed by atoms with Gasteiger partial charge in [-0.3, -0.25) is 4.68 Å². The number of benzene rings is 1. The lowest BCUT2D eigenvalue weighted by Crippen LogP contribution is -2.19. The molecular formula is C12H13BrF2N4. The van der Waals surface area contributed by atoms with Crippen LogP contribution in [-0.2, 0) is 20.0 Å². The van der Waals surface area contributed by atoms with E-state index in [2.05, 4.69) is 31.3 Å². The molecule has 0 atom stereocenters. The Morgan fingerprint density at radius 3 is 2.84 bits per heavy atom. The van der Waals surface area contributed by atoms with Crippen molar-refractivity contribution in [1.82, 2.24) is 20.1 Å². The molecule has 102 valence electrons. The van der Waals surface area contributed by atoms with Crippen LogP contribution in [0.4, 0.5) is 8.78 Å². The molecule has 0 amide bonds. The quantitative estimate of drug-likeness (QED) is 0.675. The molecule has 0 aliphatic heterocycles. The molecule has 2 aromatic rings. The zero-order chi connectivity index (χ0) is 13.8. The summed E-state index contributed by atoms with van der Waals surface area (Å²) < 4.78 is 29.0. The van der Waals surface area contributed by atoms with Crippen molar-refractivity contribution in [3.05, 3.63) is 46.0 Å². The molecule has 1 aromatic heterocycles. The molecule has 0 saturated carbocycles. The maximum Gasteiger partial charge on any atom is 0.151 e. The minimum atomic E-state index is -0.566. The van der Waals surface area contributed by atoms with Gasteiger partial charge in [-0.05, 0) is 28.1 Å². The second kappa shape index (κ2) is 6.21. The van der Waals surface area contributed by atoms with E-state index in [1.807, 2.05) is 0 Å². The first-order chi connectivity index (χ1) is 9.08. The van der Waals surface area contributed by atoms with Crippen molar-refractivity contribution in [3.8, 4) is 0 Å². The highest BCUT2D eigenvalue weighted by atomic mass is 79.9. The maximum atomic E-state index is 13.7. The number of hydrogen-bond donors (Lipinski definition) is 1. The molecule has 1 heterocycles. The van der Waals surface area contributed by atoms with Gasteiger partial charge in [-0.1, -0.05) is 0 Å². The summed E-state index contributed by atoms with van der Waals surface area (Å²) in [5.74, 6) is -0.419. The van der Waals surface area contributed by atoms with Crippen molar-refractivity contribution in [2.45, 2.75) is 13.0 Å². The van der Waals surface area contributed by atoms with Crippen molar-refractivity contribution in [3.63, 3.8) is 0 Å². The molecule has 4 nitrogen and oxygen atoms in total. The Labute approximate surface area is 118 Å². The van der Waals surface area contributed by atoms with Crippen LogP contribution >= 0.6 is 15.9 Å². The van der Waals surface area contributed by atoms with Gasteiger partial charge in [0.15, 0.2) is 5.82 Å². The van der Waals surface area contributed by atoms with Crippen LogP contribution in [0.3, 0.4) is 0 Å². The minimum absolute atomic E-state index is 0.0309. The zero-order valence-corrected chi connectivity index (χ0v) is 11.9. The van der Waals surface area contributed by atoms with Crippen LogP contribution < -0.4 is 5.32 Å². The molecule has 0 spiro atoms. The predicted molar refractivity (Wildman–Crippen MR) is 70.5 cm³/mol. The Balaban J connectivity index is 1.88. The van der Waals surface area contributed by atoms with Gasteiger partial charge in [-0.25, -0.2) is 13.8 Å². The van der Waals surface area contributed by atoms with Crippen molar-refractivity contribution in [2.24, 2.45) is 7.05 Å². The first kappa shape index (κ1) is 14.1. The minimum Gasteiger partial charge on any atom is -0.312 e. The summed E-state index contributed by atoms with van der Waals surface area (Å²) in [7, 11) is 1.79. The molecule has 2 rings (SSSR count). The van der Waals surface area contributed by atoms with E-state index in [0.29, 0.717) is 18.8 Å². The van der Waals surface area contributed by atoms with Gasteiger partial charge in [-0.2, -0.15) is 5.10 Å². The SMILES string of the molecule is Cn1cnc(CCNCc2c(F)ccc(Br)c2F)n1. The van der Waals surface area contributed by atoms with Crippen molar-refractivity contribution >= 4 is 15.9 Å². The molecule has 0 saturated heterocycles. The highest BCUT2D eigenvalue weighted by Crippen LogP contribution is 2.21. The van der Waals surface area contributed by atoms with Gasteiger partial charge >= 0.3 is 0 Å². The monoisotopic (exact) mass is 330 g/mol. The van der Waals surface area contributed by atoms with Gasteiger partial charge in [0.25, 0.3) is 0 Å². The van der Waals surface area contributed by atoms with E-state index in [-0.39, 0.29) is 16.6 Å². The summed E-state index contributed by atoms with van der Waals surface area (Å²) in [4.78, 5) is 4.07. The number of aromatic nitrogens is 3. The topological polar surface area (TPSA) is 42.7 Å². The zero-order valence-electron chi connectivity index (χ0n) is 10.3. The lowest BCUT2D eigenvalue weighted by atomic mass is 10.2. The average molecular weight is 331 g/mol. The second-order valence-corrected chi connectivity index (χ2v) is 4.94. The number of nitrogens with one attached hydrogen (secondary N) is 1. The molecule has 0 unspecified atom stereocenters. The smallest absolute Gasteiger partial charge is 0.151 e. The molecule has 0 bridgehead atoms. The van der Waals surface area contributed by atoms with Gasteiger partial charge in [0.2, 0.25) is 0 Å². The number of aryl methyl sites for hydroxylation is 1. The third-order valence-electron chi connectivity index (χ3n) is 2.61. The molecule has 1 N–H and O–H groups in total. The fourth-order valence-corrected chi connectivity index (χ4v) is 2.01. The molecule has 0 aliphatic carbocycles. The maximum absolute atomic E-state index is 13.7. The van der Waals surface area contributed by atoms with Crippen molar-refractivity contribution < 1.29 is 8.78 Å². The summed E-state index contributed by atoms with van der Waals surface area (Å²) >= 11 is 3.04. The number of halogens is 3. The summed E-state index contributed by atoms with van der Waals surface area (Å²) in [5.41, 5.74) is 0.0309. The summed E-state index contributed by atoms with van der Waals surface area (Å²) in [5, 5.41) is 7.09. The average Bonchev–Trinajstić information content (AvgIpc) is 2.79. The van der Waals surface area contributed by atoms with E-state index >= 15 is 0 Å². The normalized spacial score (nSPS) is 10.9. The van der Waals surface area contributed by atoms with E-state index in [9.17, 15) is 8.78 Å². The van der Waals surface area contributed by atoms with E-state index in [1.54, 1.807) is 18.1 Å². The van der Waals surface area contributed by atoms with Crippen LogP contribution in [0.15, 0.2) is 22.9 Å². The molecule has 7 heteroatoms. The Morgan fingerprint density at radius 2 is 2.16 bits per heavy atom. The standard InChI is InChI=1S/C12H13BrF2N4/c1-19-7-17-11(18-19)4-5-16-6-8-10(14)3-2-9(13)12(8)15/h2-3,7,16H,4-6H2,1H3. The molecule has 1 aromatic carbocycles.